The molecule has 2 aromatic carbocycles. The molecular formula is C17H15FN2. The van der Waals surface area contributed by atoms with Crippen molar-refractivity contribution < 1.29 is 4.39 Å². The zero-order chi connectivity index (χ0) is 13.9. The maximum absolute atomic E-state index is 13.9. The molecule has 0 fully saturated rings. The highest BCUT2D eigenvalue weighted by Crippen LogP contribution is 2.21. The van der Waals surface area contributed by atoms with Crippen LogP contribution in [-0.4, -0.2) is 11.4 Å². The summed E-state index contributed by atoms with van der Waals surface area (Å²) in [4.78, 5) is 2.24. The van der Waals surface area contributed by atoms with Crippen molar-refractivity contribution >= 4 is 0 Å². The van der Waals surface area contributed by atoms with Crippen molar-refractivity contribution in [1.82, 2.24) is 4.90 Å². The molecule has 2 nitrogen and oxygen atoms in total. The normalized spacial score (nSPS) is 14.6. The quantitative estimate of drug-likeness (QED) is 0.834. The fraction of sp³-hybridized carbons (Fsp3) is 0.235. The summed E-state index contributed by atoms with van der Waals surface area (Å²) in [7, 11) is 0. The number of nitrogens with zero attached hydrogens (tertiary/aromatic N) is 2. The molecule has 0 saturated carbocycles. The highest BCUT2D eigenvalue weighted by Gasteiger charge is 2.17. The van der Waals surface area contributed by atoms with E-state index in [2.05, 4.69) is 23.1 Å². The second kappa shape index (κ2) is 5.44. The first kappa shape index (κ1) is 12.8. The second-order valence-electron chi connectivity index (χ2n) is 5.15. The Balaban J connectivity index is 1.75. The summed E-state index contributed by atoms with van der Waals surface area (Å²) >= 11 is 0. The molecule has 0 atom stereocenters. The first-order valence-electron chi connectivity index (χ1n) is 6.74. The van der Waals surface area contributed by atoms with E-state index in [0.717, 1.165) is 19.5 Å². The Hall–Kier alpha value is -2.18. The molecule has 20 heavy (non-hydrogen) atoms. The Kier molecular flexibility index (Phi) is 3.49. The predicted octanol–water partition coefficient (Wildman–Crippen LogP) is 3.26. The highest BCUT2D eigenvalue weighted by molar-refractivity contribution is 5.33. The van der Waals surface area contributed by atoms with Crippen molar-refractivity contribution in [3.63, 3.8) is 0 Å². The van der Waals surface area contributed by atoms with Crippen LogP contribution in [0.4, 0.5) is 4.39 Å². The lowest BCUT2D eigenvalue weighted by Gasteiger charge is -2.28. The van der Waals surface area contributed by atoms with Gasteiger partial charge in [-0.15, -0.1) is 0 Å². The first-order valence-corrected chi connectivity index (χ1v) is 6.74. The van der Waals surface area contributed by atoms with Crippen LogP contribution in [0.1, 0.15) is 22.3 Å². The fourth-order valence-electron chi connectivity index (χ4n) is 2.68. The van der Waals surface area contributed by atoms with E-state index in [9.17, 15) is 4.39 Å². The van der Waals surface area contributed by atoms with Crippen LogP contribution in [0.2, 0.25) is 0 Å². The Morgan fingerprint density at radius 2 is 1.95 bits per heavy atom. The first-order chi connectivity index (χ1) is 9.76. The van der Waals surface area contributed by atoms with Crippen molar-refractivity contribution in [1.29, 1.82) is 5.26 Å². The smallest absolute Gasteiger partial charge is 0.129 e. The van der Waals surface area contributed by atoms with Crippen molar-refractivity contribution in [2.24, 2.45) is 0 Å². The number of hydrogen-bond acceptors (Lipinski definition) is 2. The minimum Gasteiger partial charge on any atom is -0.294 e. The second-order valence-corrected chi connectivity index (χ2v) is 5.15. The summed E-state index contributed by atoms with van der Waals surface area (Å²) in [5.74, 6) is -0.289. The van der Waals surface area contributed by atoms with Gasteiger partial charge in [0.2, 0.25) is 0 Å². The van der Waals surface area contributed by atoms with Crippen LogP contribution in [0.25, 0.3) is 0 Å². The van der Waals surface area contributed by atoms with E-state index < -0.39 is 0 Å². The molecule has 3 rings (SSSR count). The number of halogens is 1. The lowest BCUT2D eigenvalue weighted by Crippen LogP contribution is -2.30. The molecule has 0 radical (unpaired) electrons. The third-order valence-corrected chi connectivity index (χ3v) is 3.79. The lowest BCUT2D eigenvalue weighted by molar-refractivity contribution is 0.242. The van der Waals surface area contributed by atoms with Gasteiger partial charge in [-0.25, -0.2) is 4.39 Å². The van der Waals surface area contributed by atoms with Gasteiger partial charge in [-0.3, -0.25) is 4.90 Å². The average molecular weight is 266 g/mol. The number of nitriles is 1. The number of rotatable bonds is 2. The molecule has 0 saturated heterocycles. The van der Waals surface area contributed by atoms with Crippen LogP contribution in [0.15, 0.2) is 42.5 Å². The fourth-order valence-corrected chi connectivity index (χ4v) is 2.68. The molecule has 1 aliphatic heterocycles. The van der Waals surface area contributed by atoms with Gasteiger partial charge in [-0.05, 0) is 29.7 Å². The molecule has 1 aliphatic rings. The monoisotopic (exact) mass is 266 g/mol. The molecule has 100 valence electrons. The van der Waals surface area contributed by atoms with E-state index in [-0.39, 0.29) is 5.82 Å². The molecule has 0 unspecified atom stereocenters. The van der Waals surface area contributed by atoms with Gasteiger partial charge in [-0.2, -0.15) is 5.26 Å². The summed E-state index contributed by atoms with van der Waals surface area (Å²) in [6.07, 6.45) is 1.01. The third-order valence-electron chi connectivity index (χ3n) is 3.79. The van der Waals surface area contributed by atoms with Gasteiger partial charge in [0.15, 0.2) is 0 Å². The van der Waals surface area contributed by atoms with E-state index in [1.807, 2.05) is 12.1 Å². The summed E-state index contributed by atoms with van der Waals surface area (Å²) in [6, 6.07) is 15.1. The maximum atomic E-state index is 13.9. The van der Waals surface area contributed by atoms with Crippen molar-refractivity contribution in [3.8, 4) is 6.07 Å². The Labute approximate surface area is 118 Å². The number of hydrogen-bond donors (Lipinski definition) is 0. The summed E-state index contributed by atoms with van der Waals surface area (Å²) in [5.41, 5.74) is 3.75. The third kappa shape index (κ3) is 2.56. The van der Waals surface area contributed by atoms with Gasteiger partial charge in [-0.1, -0.05) is 30.3 Å². The van der Waals surface area contributed by atoms with Crippen molar-refractivity contribution in [3.05, 3.63) is 70.5 Å². The van der Waals surface area contributed by atoms with E-state index in [4.69, 9.17) is 5.26 Å². The van der Waals surface area contributed by atoms with Crippen LogP contribution in [0.5, 0.6) is 0 Å². The SMILES string of the molecule is N#Cc1ccc(CN2CCc3ccccc3C2)c(F)c1. The van der Waals surface area contributed by atoms with Gasteiger partial charge < -0.3 is 0 Å². The van der Waals surface area contributed by atoms with Crippen LogP contribution in [0.3, 0.4) is 0 Å². The van der Waals surface area contributed by atoms with Gasteiger partial charge in [0.1, 0.15) is 5.82 Å². The average Bonchev–Trinajstić information content (AvgIpc) is 2.49. The summed E-state index contributed by atoms with van der Waals surface area (Å²) in [5, 5.41) is 8.76. The van der Waals surface area contributed by atoms with Crippen LogP contribution in [0, 0.1) is 17.1 Å². The molecular weight excluding hydrogens is 251 g/mol. The predicted molar refractivity (Wildman–Crippen MR) is 75.4 cm³/mol. The van der Waals surface area contributed by atoms with Crippen LogP contribution < -0.4 is 0 Å². The van der Waals surface area contributed by atoms with Crippen LogP contribution >= 0.6 is 0 Å². The Morgan fingerprint density at radius 3 is 2.70 bits per heavy atom. The highest BCUT2D eigenvalue weighted by atomic mass is 19.1. The molecule has 2 aromatic rings. The van der Waals surface area contributed by atoms with Gasteiger partial charge in [0.25, 0.3) is 0 Å². The number of benzene rings is 2. The molecule has 1 heterocycles. The maximum Gasteiger partial charge on any atom is 0.129 e. The molecule has 0 aliphatic carbocycles. The molecule has 0 amide bonds. The number of fused-ring (bicyclic) bond motifs is 1. The Morgan fingerprint density at radius 1 is 1.15 bits per heavy atom. The Bertz CT molecular complexity index is 673. The van der Waals surface area contributed by atoms with E-state index in [0.29, 0.717) is 17.7 Å². The van der Waals surface area contributed by atoms with E-state index >= 15 is 0 Å². The van der Waals surface area contributed by atoms with Gasteiger partial charge >= 0.3 is 0 Å². The summed E-state index contributed by atoms with van der Waals surface area (Å²) in [6.45, 7) is 2.39. The lowest BCUT2D eigenvalue weighted by atomic mass is 9.99. The summed E-state index contributed by atoms with van der Waals surface area (Å²) < 4.78 is 13.9. The van der Waals surface area contributed by atoms with Gasteiger partial charge in [0.05, 0.1) is 11.6 Å². The molecule has 0 N–H and O–H groups in total. The molecule has 0 aromatic heterocycles. The molecule has 0 bridgehead atoms. The molecule has 3 heteroatoms. The van der Waals surface area contributed by atoms with Crippen molar-refractivity contribution in [2.75, 3.05) is 6.54 Å². The zero-order valence-electron chi connectivity index (χ0n) is 11.1. The molecule has 0 spiro atoms. The van der Waals surface area contributed by atoms with E-state index in [1.165, 1.54) is 17.2 Å². The minimum atomic E-state index is -0.289. The largest absolute Gasteiger partial charge is 0.294 e. The minimum absolute atomic E-state index is 0.289. The zero-order valence-corrected chi connectivity index (χ0v) is 11.1. The standard InChI is InChI=1S/C17H15FN2/c18-17-9-13(10-19)5-6-16(17)12-20-8-7-14-3-1-2-4-15(14)11-20/h1-6,9H,7-8,11-12H2. The van der Waals surface area contributed by atoms with E-state index in [1.54, 1.807) is 12.1 Å². The van der Waals surface area contributed by atoms with Crippen LogP contribution in [-0.2, 0) is 19.5 Å². The van der Waals surface area contributed by atoms with Crippen molar-refractivity contribution in [2.45, 2.75) is 19.5 Å². The topological polar surface area (TPSA) is 27.0 Å². The van der Waals surface area contributed by atoms with Gasteiger partial charge in [0, 0.05) is 25.2 Å².